The third kappa shape index (κ3) is 24.5. The van der Waals surface area contributed by atoms with Crippen LogP contribution in [0.4, 0.5) is 0 Å². The van der Waals surface area contributed by atoms with Crippen LogP contribution in [0.1, 0.15) is 6.92 Å². The van der Waals surface area contributed by atoms with E-state index in [0.717, 1.165) is 5.57 Å². The summed E-state index contributed by atoms with van der Waals surface area (Å²) in [6.45, 7) is 2.00. The van der Waals surface area contributed by atoms with E-state index < -0.39 is 0 Å². The summed E-state index contributed by atoms with van der Waals surface area (Å²) in [5, 5.41) is 7.00. The zero-order valence-corrected chi connectivity index (χ0v) is 12.6. The van der Waals surface area contributed by atoms with Crippen LogP contribution in [-0.2, 0) is 25.8 Å². The van der Waals surface area contributed by atoms with E-state index in [1.807, 2.05) is 19.1 Å². The minimum Gasteiger partial charge on any atom is -0.668 e. The Balaban J connectivity index is -0.000000126. The Morgan fingerprint density at radius 2 is 1.54 bits per heavy atom. The van der Waals surface area contributed by atoms with Gasteiger partial charge in [0, 0.05) is 25.8 Å². The molecule has 2 nitrogen and oxygen atoms in total. The maximum absolute atomic E-state index is 3.50. The predicted molar refractivity (Wildman–Crippen MR) is 55.5 cm³/mol. The summed E-state index contributed by atoms with van der Waals surface area (Å²) in [5.41, 5.74) is 3.97. The summed E-state index contributed by atoms with van der Waals surface area (Å²) >= 11 is 0. The molecule has 0 bridgehead atoms. The SMILES string of the molecule is CC1=CC=C=[C-]1.C[N-]C.C[N-]C.[Hf]. The van der Waals surface area contributed by atoms with Gasteiger partial charge in [-0.1, -0.05) is 6.92 Å². The maximum Gasteiger partial charge on any atom is 0 e. The predicted octanol–water partition coefficient (Wildman–Crippen LogP) is 2.70. The van der Waals surface area contributed by atoms with E-state index in [4.69, 9.17) is 0 Å². The number of hydrogen-bond donors (Lipinski definition) is 0. The minimum absolute atomic E-state index is 0. The van der Waals surface area contributed by atoms with Crippen molar-refractivity contribution in [1.82, 2.24) is 0 Å². The van der Waals surface area contributed by atoms with Crippen LogP contribution in [0.3, 0.4) is 0 Å². The van der Waals surface area contributed by atoms with Crippen LogP contribution in [-0.4, -0.2) is 28.2 Å². The van der Waals surface area contributed by atoms with E-state index in [-0.39, 0.29) is 25.8 Å². The van der Waals surface area contributed by atoms with Crippen molar-refractivity contribution in [2.24, 2.45) is 0 Å². The van der Waals surface area contributed by atoms with Gasteiger partial charge < -0.3 is 10.6 Å². The third-order valence-electron chi connectivity index (χ3n) is 0.686. The summed E-state index contributed by atoms with van der Waals surface area (Å²) < 4.78 is 0. The normalized spacial score (nSPS) is 10.1. The Labute approximate surface area is 101 Å². The molecule has 0 saturated heterocycles. The van der Waals surface area contributed by atoms with E-state index in [2.05, 4.69) is 22.4 Å². The second kappa shape index (κ2) is 18.0. The van der Waals surface area contributed by atoms with Crippen molar-refractivity contribution in [2.75, 3.05) is 28.2 Å². The van der Waals surface area contributed by atoms with Crippen molar-refractivity contribution < 1.29 is 25.8 Å². The standard InChI is InChI=1S/C6H5.2C2H6N.Hf/c1-6-4-2-3-5-6;2*1-3-2;/h2,4H,1H3;2*1-2H3;/q3*-1;. The van der Waals surface area contributed by atoms with Crippen molar-refractivity contribution in [3.8, 4) is 0 Å². The second-order valence-corrected chi connectivity index (χ2v) is 2.18. The molecule has 0 heterocycles. The van der Waals surface area contributed by atoms with Crippen LogP contribution in [0, 0.1) is 6.08 Å². The van der Waals surface area contributed by atoms with Crippen molar-refractivity contribution in [3.05, 3.63) is 40.2 Å². The fourth-order valence-corrected chi connectivity index (χ4v) is 0.364. The van der Waals surface area contributed by atoms with E-state index in [9.17, 15) is 0 Å². The number of hydrogen-bond acceptors (Lipinski definition) is 0. The van der Waals surface area contributed by atoms with Gasteiger partial charge in [-0.2, -0.15) is 39.8 Å². The van der Waals surface area contributed by atoms with Crippen LogP contribution in [0.2, 0.25) is 0 Å². The van der Waals surface area contributed by atoms with Crippen molar-refractivity contribution >= 4 is 0 Å². The average Bonchev–Trinajstić information content (AvgIpc) is 2.43. The van der Waals surface area contributed by atoms with Crippen molar-refractivity contribution in [1.29, 1.82) is 0 Å². The van der Waals surface area contributed by atoms with Gasteiger partial charge in [0.05, 0.1) is 0 Å². The molecule has 0 spiro atoms. The molecule has 0 unspecified atom stereocenters. The molecule has 0 saturated carbocycles. The molecule has 1 aliphatic carbocycles. The maximum atomic E-state index is 3.50. The molecule has 0 radical (unpaired) electrons. The van der Waals surface area contributed by atoms with Gasteiger partial charge in [-0.3, -0.25) is 5.73 Å². The second-order valence-electron chi connectivity index (χ2n) is 2.18. The fourth-order valence-electron chi connectivity index (χ4n) is 0.364. The molecular weight excluding hydrogens is 327 g/mol. The van der Waals surface area contributed by atoms with Gasteiger partial charge in [-0.15, -0.1) is 6.08 Å². The van der Waals surface area contributed by atoms with Crippen LogP contribution >= 0.6 is 0 Å². The Kier molecular flexibility index (Phi) is 25.9. The monoisotopic (exact) mass is 345 g/mol. The minimum atomic E-state index is 0. The van der Waals surface area contributed by atoms with Gasteiger partial charge in [0.25, 0.3) is 0 Å². The van der Waals surface area contributed by atoms with Gasteiger partial charge in [0.1, 0.15) is 0 Å². The van der Waals surface area contributed by atoms with Crippen LogP contribution in [0.5, 0.6) is 0 Å². The Morgan fingerprint density at radius 1 is 1.15 bits per heavy atom. The first-order valence-electron chi connectivity index (χ1n) is 3.70. The Hall–Kier alpha value is 0.0501. The largest absolute Gasteiger partial charge is 0.668 e. The molecule has 0 N–H and O–H groups in total. The number of rotatable bonds is 0. The van der Waals surface area contributed by atoms with E-state index >= 15 is 0 Å². The zero-order chi connectivity index (χ0) is 9.82. The van der Waals surface area contributed by atoms with Crippen LogP contribution in [0.15, 0.2) is 23.5 Å². The topological polar surface area (TPSA) is 28.2 Å². The summed E-state index contributed by atoms with van der Waals surface area (Å²) in [6, 6.07) is 0. The molecule has 3 heteroatoms. The summed E-state index contributed by atoms with van der Waals surface area (Å²) in [7, 11) is 7.00. The summed E-state index contributed by atoms with van der Waals surface area (Å²) in [5.74, 6) is 0. The smallest absolute Gasteiger partial charge is 0 e. The molecule has 0 aromatic rings. The first-order valence-corrected chi connectivity index (χ1v) is 3.70. The molecule has 0 atom stereocenters. The average molecular weight is 344 g/mol. The molecule has 0 aromatic heterocycles. The van der Waals surface area contributed by atoms with Gasteiger partial charge >= 0.3 is 0 Å². The molecule has 0 aliphatic heterocycles. The molecule has 1 rings (SSSR count). The zero-order valence-electron chi connectivity index (χ0n) is 9.05. The first kappa shape index (κ1) is 18.8. The van der Waals surface area contributed by atoms with Crippen LogP contribution in [0.25, 0.3) is 10.6 Å². The molecule has 13 heavy (non-hydrogen) atoms. The quantitative estimate of drug-likeness (QED) is 0.367. The molecule has 1 aliphatic rings. The van der Waals surface area contributed by atoms with Gasteiger partial charge in [0.15, 0.2) is 0 Å². The number of nitrogens with zero attached hydrogens (tertiary/aromatic N) is 2. The van der Waals surface area contributed by atoms with Crippen molar-refractivity contribution in [2.45, 2.75) is 6.92 Å². The molecular formula is C10H17HfN2-3. The molecule has 74 valence electrons. The molecule has 0 fully saturated rings. The third-order valence-corrected chi connectivity index (χ3v) is 0.686. The fraction of sp³-hybridized carbons (Fsp3) is 0.500. The Morgan fingerprint density at radius 3 is 1.62 bits per heavy atom. The molecule has 0 amide bonds. The van der Waals surface area contributed by atoms with Crippen molar-refractivity contribution in [3.63, 3.8) is 0 Å². The van der Waals surface area contributed by atoms with Crippen LogP contribution < -0.4 is 0 Å². The van der Waals surface area contributed by atoms with E-state index in [1.54, 1.807) is 28.2 Å². The molecule has 0 aromatic carbocycles. The van der Waals surface area contributed by atoms with Gasteiger partial charge in [-0.05, 0) is 0 Å². The summed E-state index contributed by atoms with van der Waals surface area (Å²) in [4.78, 5) is 0. The van der Waals surface area contributed by atoms with Gasteiger partial charge in [-0.25, -0.2) is 6.08 Å². The van der Waals surface area contributed by atoms with E-state index in [0.29, 0.717) is 0 Å². The Bertz CT molecular complexity index is 166. The van der Waals surface area contributed by atoms with Gasteiger partial charge in [0.2, 0.25) is 0 Å². The summed E-state index contributed by atoms with van der Waals surface area (Å²) in [6.07, 6.45) is 6.70. The first-order chi connectivity index (χ1) is 5.72. The number of allylic oxidation sites excluding steroid dienone is 3. The van der Waals surface area contributed by atoms with E-state index in [1.165, 1.54) is 0 Å².